The average Bonchev–Trinajstić information content (AvgIpc) is 2.37. The van der Waals surface area contributed by atoms with Crippen LogP contribution in [0.15, 0.2) is 47.2 Å². The highest BCUT2D eigenvalue weighted by Gasteiger charge is 2.02. The van der Waals surface area contributed by atoms with Crippen molar-refractivity contribution in [2.24, 2.45) is 0 Å². The fourth-order valence-corrected chi connectivity index (χ4v) is 2.10. The van der Waals surface area contributed by atoms with E-state index in [4.69, 9.17) is 16.3 Å². The molecule has 0 aliphatic carbocycles. The molecular formula is C13H11BrClNO. The summed E-state index contributed by atoms with van der Waals surface area (Å²) in [5, 5.41) is 0. The Morgan fingerprint density at radius 3 is 2.94 bits per heavy atom. The lowest BCUT2D eigenvalue weighted by molar-refractivity contribution is 0.302. The van der Waals surface area contributed by atoms with Crippen molar-refractivity contribution in [1.82, 2.24) is 4.98 Å². The molecule has 1 heterocycles. The monoisotopic (exact) mass is 311 g/mol. The van der Waals surface area contributed by atoms with Gasteiger partial charge in [-0.1, -0.05) is 28.1 Å². The van der Waals surface area contributed by atoms with Crippen LogP contribution in [0.5, 0.6) is 5.75 Å². The van der Waals surface area contributed by atoms with Crippen molar-refractivity contribution in [3.8, 4) is 5.75 Å². The van der Waals surface area contributed by atoms with Crippen LogP contribution >= 0.6 is 27.5 Å². The molecule has 0 saturated carbocycles. The number of benzene rings is 1. The predicted octanol–water partition coefficient (Wildman–Crippen LogP) is 4.16. The molecule has 0 unspecified atom stereocenters. The molecule has 0 atom stereocenters. The molecular weight excluding hydrogens is 302 g/mol. The van der Waals surface area contributed by atoms with Crippen LogP contribution in [0.2, 0.25) is 0 Å². The lowest BCUT2D eigenvalue weighted by Gasteiger charge is -2.09. The first-order valence-corrected chi connectivity index (χ1v) is 6.48. The van der Waals surface area contributed by atoms with E-state index < -0.39 is 0 Å². The molecule has 0 aliphatic rings. The second kappa shape index (κ2) is 6.03. The Hall–Kier alpha value is -1.06. The maximum absolute atomic E-state index is 5.82. The predicted molar refractivity (Wildman–Crippen MR) is 72.3 cm³/mol. The van der Waals surface area contributed by atoms with Crippen LogP contribution in [-0.2, 0) is 12.5 Å². The van der Waals surface area contributed by atoms with E-state index in [2.05, 4.69) is 20.9 Å². The number of halogens is 2. The van der Waals surface area contributed by atoms with E-state index in [9.17, 15) is 0 Å². The molecule has 2 aromatic rings. The maximum Gasteiger partial charge on any atom is 0.142 e. The van der Waals surface area contributed by atoms with Gasteiger partial charge in [-0.05, 0) is 23.8 Å². The molecule has 0 N–H and O–H groups in total. The second-order valence-electron chi connectivity index (χ2n) is 3.54. The molecule has 4 heteroatoms. The van der Waals surface area contributed by atoms with E-state index in [-0.39, 0.29) is 0 Å². The molecule has 0 radical (unpaired) electrons. The molecule has 0 aliphatic heterocycles. The van der Waals surface area contributed by atoms with Gasteiger partial charge in [0, 0.05) is 16.2 Å². The minimum absolute atomic E-state index is 0.427. The maximum atomic E-state index is 5.82. The largest absolute Gasteiger partial charge is 0.487 e. The number of nitrogens with zero attached hydrogens (tertiary/aromatic N) is 1. The number of hydrogen-bond donors (Lipinski definition) is 0. The smallest absolute Gasteiger partial charge is 0.142 e. The van der Waals surface area contributed by atoms with Gasteiger partial charge in [0.1, 0.15) is 12.4 Å². The lowest BCUT2D eigenvalue weighted by atomic mass is 10.2. The van der Waals surface area contributed by atoms with Gasteiger partial charge in [-0.3, -0.25) is 4.98 Å². The van der Waals surface area contributed by atoms with Crippen LogP contribution in [0.1, 0.15) is 11.1 Å². The summed E-state index contributed by atoms with van der Waals surface area (Å²) in [5.74, 6) is 1.17. The van der Waals surface area contributed by atoms with Crippen LogP contribution < -0.4 is 4.74 Å². The van der Waals surface area contributed by atoms with Crippen LogP contribution in [0.3, 0.4) is 0 Å². The first kappa shape index (κ1) is 12.4. The zero-order valence-corrected chi connectivity index (χ0v) is 11.4. The minimum Gasteiger partial charge on any atom is -0.487 e. The molecule has 0 saturated heterocycles. The van der Waals surface area contributed by atoms with E-state index in [1.54, 1.807) is 12.4 Å². The summed E-state index contributed by atoms with van der Waals surface area (Å²) in [6.45, 7) is 0.509. The highest BCUT2D eigenvalue weighted by molar-refractivity contribution is 9.10. The number of hydrogen-bond acceptors (Lipinski definition) is 2. The van der Waals surface area contributed by atoms with Crippen molar-refractivity contribution in [3.63, 3.8) is 0 Å². The van der Waals surface area contributed by atoms with Crippen molar-refractivity contribution in [2.45, 2.75) is 12.5 Å². The van der Waals surface area contributed by atoms with Gasteiger partial charge >= 0.3 is 0 Å². The summed E-state index contributed by atoms with van der Waals surface area (Å²) in [5.41, 5.74) is 2.06. The third-order valence-electron chi connectivity index (χ3n) is 2.30. The minimum atomic E-state index is 0.427. The van der Waals surface area contributed by atoms with Crippen LogP contribution in [-0.4, -0.2) is 4.98 Å². The van der Waals surface area contributed by atoms with Crippen LogP contribution in [0, 0.1) is 0 Å². The molecule has 0 amide bonds. The summed E-state index contributed by atoms with van der Waals surface area (Å²) in [7, 11) is 0. The summed E-state index contributed by atoms with van der Waals surface area (Å²) >= 11 is 9.25. The highest BCUT2D eigenvalue weighted by Crippen LogP contribution is 2.20. The zero-order chi connectivity index (χ0) is 12.1. The summed E-state index contributed by atoms with van der Waals surface area (Å²) in [6.07, 6.45) is 3.40. The van der Waals surface area contributed by atoms with Gasteiger partial charge in [0.2, 0.25) is 0 Å². The quantitative estimate of drug-likeness (QED) is 0.791. The normalized spacial score (nSPS) is 10.2. The third-order valence-corrected chi connectivity index (χ3v) is 3.08. The zero-order valence-electron chi connectivity index (χ0n) is 9.07. The molecule has 0 bridgehead atoms. The van der Waals surface area contributed by atoms with E-state index >= 15 is 0 Å². The Bertz CT molecular complexity index is 504. The Kier molecular flexibility index (Phi) is 4.40. The number of pyridine rings is 1. The molecule has 1 aromatic heterocycles. The molecule has 88 valence electrons. The van der Waals surface area contributed by atoms with Crippen molar-refractivity contribution < 1.29 is 4.74 Å². The molecule has 1 aromatic carbocycles. The standard InChI is InChI=1S/C13H11BrClNO/c14-12-3-1-2-10(6-12)9-17-13-8-16-5-4-11(13)7-15/h1-6,8H,7,9H2. The Balaban J connectivity index is 2.07. The highest BCUT2D eigenvalue weighted by atomic mass is 79.9. The van der Waals surface area contributed by atoms with Gasteiger partial charge in [-0.2, -0.15) is 0 Å². The summed E-state index contributed by atoms with van der Waals surface area (Å²) < 4.78 is 6.75. The number of alkyl halides is 1. The number of rotatable bonds is 4. The Morgan fingerprint density at radius 2 is 2.18 bits per heavy atom. The Labute approximate surface area is 114 Å². The number of aromatic nitrogens is 1. The van der Waals surface area contributed by atoms with E-state index in [0.29, 0.717) is 12.5 Å². The van der Waals surface area contributed by atoms with Gasteiger partial charge in [-0.25, -0.2) is 0 Å². The summed E-state index contributed by atoms with van der Waals surface area (Å²) in [6, 6.07) is 9.87. The van der Waals surface area contributed by atoms with Crippen molar-refractivity contribution in [1.29, 1.82) is 0 Å². The van der Waals surface area contributed by atoms with Crippen LogP contribution in [0.25, 0.3) is 0 Å². The molecule has 2 rings (SSSR count). The van der Waals surface area contributed by atoms with E-state index in [1.165, 1.54) is 0 Å². The van der Waals surface area contributed by atoms with Gasteiger partial charge in [-0.15, -0.1) is 11.6 Å². The SMILES string of the molecule is ClCc1ccncc1OCc1cccc(Br)c1. The van der Waals surface area contributed by atoms with Crippen LogP contribution in [0.4, 0.5) is 0 Å². The van der Waals surface area contributed by atoms with E-state index in [1.807, 2.05) is 30.3 Å². The topological polar surface area (TPSA) is 22.1 Å². The fourth-order valence-electron chi connectivity index (χ4n) is 1.44. The van der Waals surface area contributed by atoms with Gasteiger partial charge < -0.3 is 4.74 Å². The fraction of sp³-hybridized carbons (Fsp3) is 0.154. The van der Waals surface area contributed by atoms with Gasteiger partial charge in [0.25, 0.3) is 0 Å². The molecule has 2 nitrogen and oxygen atoms in total. The average molecular weight is 313 g/mol. The van der Waals surface area contributed by atoms with Crippen molar-refractivity contribution in [2.75, 3.05) is 0 Å². The van der Waals surface area contributed by atoms with Gasteiger partial charge in [0.05, 0.1) is 12.1 Å². The third kappa shape index (κ3) is 3.45. The molecule has 17 heavy (non-hydrogen) atoms. The number of ether oxygens (including phenoxy) is 1. The second-order valence-corrected chi connectivity index (χ2v) is 4.72. The van der Waals surface area contributed by atoms with Crippen molar-refractivity contribution >= 4 is 27.5 Å². The Morgan fingerprint density at radius 1 is 1.29 bits per heavy atom. The molecule has 0 fully saturated rings. The van der Waals surface area contributed by atoms with Crippen molar-refractivity contribution in [3.05, 3.63) is 58.3 Å². The summed E-state index contributed by atoms with van der Waals surface area (Å²) in [4.78, 5) is 4.03. The van der Waals surface area contributed by atoms with E-state index in [0.717, 1.165) is 21.3 Å². The first-order valence-electron chi connectivity index (χ1n) is 5.15. The van der Waals surface area contributed by atoms with Gasteiger partial charge in [0.15, 0.2) is 0 Å². The first-order chi connectivity index (χ1) is 8.29. The lowest BCUT2D eigenvalue weighted by Crippen LogP contribution is -1.98. The molecule has 0 spiro atoms.